The average Bonchev–Trinajstić information content (AvgIpc) is 3.21. The quantitative estimate of drug-likeness (QED) is 0.243. The Bertz CT molecular complexity index is 1430. The van der Waals surface area contributed by atoms with Crippen molar-refractivity contribution in [2.75, 3.05) is 5.32 Å². The molecular formula is C24H22F3IN6OS. The molecule has 0 saturated heterocycles. The first-order chi connectivity index (χ1) is 17.3. The maximum Gasteiger partial charge on any atom is 0.216 e. The number of aromatic nitrogens is 5. The van der Waals surface area contributed by atoms with Crippen molar-refractivity contribution in [2.24, 2.45) is 0 Å². The fraction of sp³-hybridized carbons (Fsp3) is 0.333. The molecule has 3 aromatic heterocycles. The molecule has 36 heavy (non-hydrogen) atoms. The number of anilines is 1. The highest BCUT2D eigenvalue weighted by Crippen LogP contribution is 2.36. The van der Waals surface area contributed by atoms with E-state index in [0.29, 0.717) is 23.3 Å². The van der Waals surface area contributed by atoms with Crippen LogP contribution in [0, 0.1) is 31.3 Å². The third-order valence-electron chi connectivity index (χ3n) is 6.15. The van der Waals surface area contributed by atoms with Crippen LogP contribution < -0.4 is 10.1 Å². The van der Waals surface area contributed by atoms with Gasteiger partial charge in [0.15, 0.2) is 23.3 Å². The molecule has 2 unspecified atom stereocenters. The number of halogens is 4. The highest BCUT2D eigenvalue weighted by atomic mass is 127. The number of hydrogen-bond donors (Lipinski definition) is 1. The van der Waals surface area contributed by atoms with Crippen LogP contribution >= 0.6 is 30.3 Å². The monoisotopic (exact) mass is 626 g/mol. The minimum Gasteiger partial charge on any atom is -0.474 e. The van der Waals surface area contributed by atoms with Gasteiger partial charge in [0.25, 0.3) is 0 Å². The fourth-order valence-electron chi connectivity index (χ4n) is 4.50. The van der Waals surface area contributed by atoms with Crippen LogP contribution in [0.4, 0.5) is 19.0 Å². The number of aryl methyl sites for hydroxylation is 2. The molecule has 1 N–H and O–H groups in total. The fourth-order valence-corrected chi connectivity index (χ4v) is 5.83. The first-order valence-corrected chi connectivity index (χ1v) is 14.7. The van der Waals surface area contributed by atoms with Crippen molar-refractivity contribution in [2.45, 2.75) is 51.7 Å². The molecule has 0 radical (unpaired) electrons. The Labute approximate surface area is 222 Å². The van der Waals surface area contributed by atoms with Gasteiger partial charge in [0.05, 0.1) is 11.2 Å². The second-order valence-electron chi connectivity index (χ2n) is 8.76. The number of ether oxygens (including phenoxy) is 1. The molecule has 3 heterocycles. The maximum atomic E-state index is 15.1. The molecule has 0 amide bonds. The molecule has 0 aliphatic heterocycles. The van der Waals surface area contributed by atoms with Gasteiger partial charge in [0, 0.05) is 77.8 Å². The van der Waals surface area contributed by atoms with Crippen LogP contribution in [-0.2, 0) is 0 Å². The summed E-state index contributed by atoms with van der Waals surface area (Å²) in [5.41, 5.74) is 1.60. The van der Waals surface area contributed by atoms with E-state index in [1.54, 1.807) is 23.2 Å². The van der Waals surface area contributed by atoms with E-state index in [0.717, 1.165) is 31.0 Å². The zero-order chi connectivity index (χ0) is 25.4. The van der Waals surface area contributed by atoms with Gasteiger partial charge >= 0.3 is 0 Å². The molecule has 1 saturated carbocycles. The second kappa shape index (κ2) is 10.4. The summed E-state index contributed by atoms with van der Waals surface area (Å²) in [6.07, 6.45) is 6.24. The third-order valence-corrected chi connectivity index (χ3v) is 7.86. The summed E-state index contributed by atoms with van der Waals surface area (Å²) in [5.74, 6) is -1.19. The van der Waals surface area contributed by atoms with E-state index in [4.69, 9.17) is 4.74 Å². The van der Waals surface area contributed by atoms with Crippen molar-refractivity contribution in [3.8, 4) is 17.3 Å². The van der Waals surface area contributed by atoms with Crippen molar-refractivity contribution in [3.05, 3.63) is 59.6 Å². The van der Waals surface area contributed by atoms with E-state index in [1.807, 2.05) is 28.1 Å². The van der Waals surface area contributed by atoms with Crippen LogP contribution in [0.1, 0.15) is 37.1 Å². The van der Waals surface area contributed by atoms with Crippen molar-refractivity contribution < 1.29 is 17.9 Å². The Hall–Kier alpha value is -2.61. The molecule has 7 nitrogen and oxygen atoms in total. The normalized spacial score (nSPS) is 17.9. The van der Waals surface area contributed by atoms with Crippen LogP contribution in [0.2, 0.25) is 0 Å². The largest absolute Gasteiger partial charge is 0.474 e. The molecule has 0 bridgehead atoms. The van der Waals surface area contributed by atoms with E-state index in [2.05, 4.69) is 25.3 Å². The highest BCUT2D eigenvalue weighted by Gasteiger charge is 2.26. The summed E-state index contributed by atoms with van der Waals surface area (Å²) >= 11 is 2.01. The van der Waals surface area contributed by atoms with Gasteiger partial charge in [0.1, 0.15) is 18.2 Å². The molecule has 1 aromatic carbocycles. The molecule has 12 heteroatoms. The van der Waals surface area contributed by atoms with Gasteiger partial charge < -0.3 is 10.1 Å². The van der Waals surface area contributed by atoms with Crippen LogP contribution in [0.5, 0.6) is 5.88 Å². The Balaban J connectivity index is 1.43. The first-order valence-electron chi connectivity index (χ1n) is 11.4. The molecule has 0 spiro atoms. The second-order valence-corrected chi connectivity index (χ2v) is 10.5. The maximum absolute atomic E-state index is 15.1. The molecule has 5 rings (SSSR count). The Morgan fingerprint density at radius 3 is 2.72 bits per heavy atom. The lowest BCUT2D eigenvalue weighted by Gasteiger charge is -2.30. The number of nitrogens with zero attached hydrogens (tertiary/aromatic N) is 5. The predicted molar refractivity (Wildman–Crippen MR) is 142 cm³/mol. The Morgan fingerprint density at radius 2 is 1.94 bits per heavy atom. The predicted octanol–water partition coefficient (Wildman–Crippen LogP) is 6.57. The topological polar surface area (TPSA) is 77.8 Å². The van der Waals surface area contributed by atoms with Gasteiger partial charge in [-0.1, -0.05) is 0 Å². The molecular weight excluding hydrogens is 604 g/mol. The van der Waals surface area contributed by atoms with E-state index in [-0.39, 0.29) is 35.0 Å². The SMILES string of the molecule is Cc1cc(OC2CCCC(Nc3nc(-c4cn(SI)c5c(F)cc(F)cc45)nc(C)c3F)C2)ncn1. The molecule has 4 aromatic rings. The minimum absolute atomic E-state index is 0.0564. The van der Waals surface area contributed by atoms with Crippen molar-refractivity contribution >= 4 is 47.0 Å². The Morgan fingerprint density at radius 1 is 1.11 bits per heavy atom. The van der Waals surface area contributed by atoms with Gasteiger partial charge in [-0.3, -0.25) is 3.97 Å². The van der Waals surface area contributed by atoms with E-state index in [1.165, 1.54) is 21.5 Å². The van der Waals surface area contributed by atoms with Crippen molar-refractivity contribution in [1.82, 2.24) is 23.9 Å². The number of hydrogen-bond acceptors (Lipinski definition) is 7. The van der Waals surface area contributed by atoms with Crippen LogP contribution in [-0.4, -0.2) is 36.1 Å². The lowest BCUT2D eigenvalue weighted by molar-refractivity contribution is 0.142. The number of benzene rings is 1. The summed E-state index contributed by atoms with van der Waals surface area (Å²) in [5, 5.41) is 3.54. The number of fused-ring (bicyclic) bond motifs is 1. The molecule has 2 atom stereocenters. The van der Waals surface area contributed by atoms with Crippen molar-refractivity contribution in [3.63, 3.8) is 0 Å². The summed E-state index contributed by atoms with van der Waals surface area (Å²) in [6.45, 7) is 3.42. The van der Waals surface area contributed by atoms with Gasteiger partial charge in [-0.25, -0.2) is 33.1 Å². The van der Waals surface area contributed by atoms with Gasteiger partial charge in [-0.15, -0.1) is 0 Å². The van der Waals surface area contributed by atoms with E-state index >= 15 is 4.39 Å². The van der Waals surface area contributed by atoms with Gasteiger partial charge in [-0.2, -0.15) is 0 Å². The zero-order valence-corrected chi connectivity index (χ0v) is 22.4. The third kappa shape index (κ3) is 5.10. The Kier molecular flexibility index (Phi) is 7.24. The van der Waals surface area contributed by atoms with Crippen LogP contribution in [0.3, 0.4) is 0 Å². The molecule has 1 fully saturated rings. The number of rotatable bonds is 6. The number of nitrogens with one attached hydrogen (secondary N) is 1. The van der Waals surface area contributed by atoms with E-state index < -0.39 is 17.5 Å². The highest BCUT2D eigenvalue weighted by molar-refractivity contribution is 14.2. The molecule has 188 valence electrons. The first kappa shape index (κ1) is 25.1. The lowest BCUT2D eigenvalue weighted by Crippen LogP contribution is -2.34. The zero-order valence-electron chi connectivity index (χ0n) is 19.4. The smallest absolute Gasteiger partial charge is 0.216 e. The lowest BCUT2D eigenvalue weighted by atomic mass is 9.93. The van der Waals surface area contributed by atoms with Gasteiger partial charge in [-0.05, 0) is 39.2 Å². The standard InChI is InChI=1S/C24H22F3IN6OS/c1-12-6-20(30-11-29-12)35-16-5-3-4-15(9-16)32-24-21(27)13(2)31-23(33-24)18-10-34(36-28)22-17(18)7-14(25)8-19(22)26/h6-8,10-11,15-16H,3-5,9H2,1-2H3,(H,31,32,33). The molecule has 1 aliphatic carbocycles. The van der Waals surface area contributed by atoms with Crippen LogP contribution in [0.25, 0.3) is 22.3 Å². The summed E-state index contributed by atoms with van der Waals surface area (Å²) in [7, 11) is 1.23. The minimum atomic E-state index is -0.707. The summed E-state index contributed by atoms with van der Waals surface area (Å²) in [4.78, 5) is 17.0. The van der Waals surface area contributed by atoms with Crippen LogP contribution in [0.15, 0.2) is 30.7 Å². The van der Waals surface area contributed by atoms with E-state index in [9.17, 15) is 8.78 Å². The van der Waals surface area contributed by atoms with Crippen molar-refractivity contribution in [1.29, 1.82) is 0 Å². The average molecular weight is 626 g/mol. The van der Waals surface area contributed by atoms with Gasteiger partial charge in [0.2, 0.25) is 5.88 Å². The summed E-state index contributed by atoms with van der Waals surface area (Å²) < 4.78 is 51.3. The summed E-state index contributed by atoms with van der Waals surface area (Å²) in [6, 6.07) is 3.78. The molecule has 1 aliphatic rings.